The van der Waals surface area contributed by atoms with Crippen LogP contribution in [0.15, 0.2) is 42.5 Å². The van der Waals surface area contributed by atoms with Crippen LogP contribution in [0.2, 0.25) is 0 Å². The topological polar surface area (TPSA) is 61.8 Å². The molecule has 2 N–H and O–H groups in total. The summed E-state index contributed by atoms with van der Waals surface area (Å²) in [5.74, 6) is -2.91. The molecule has 1 aliphatic heterocycles. The number of ether oxygens (including phenoxy) is 1. The number of rotatable bonds is 6. The van der Waals surface area contributed by atoms with Crippen molar-refractivity contribution in [1.82, 2.24) is 5.32 Å². The number of carbonyl (C=O) groups excluding carboxylic acids is 1. The molecule has 0 spiro atoms. The molecule has 0 unspecified atom stereocenters. The van der Waals surface area contributed by atoms with Gasteiger partial charge in [-0.3, -0.25) is 4.79 Å². The van der Waals surface area contributed by atoms with Crippen LogP contribution < -0.4 is 10.2 Å². The van der Waals surface area contributed by atoms with Crippen molar-refractivity contribution in [2.75, 3.05) is 37.8 Å². The fourth-order valence-corrected chi connectivity index (χ4v) is 3.04. The van der Waals surface area contributed by atoms with Crippen LogP contribution in [0.3, 0.4) is 0 Å². The summed E-state index contributed by atoms with van der Waals surface area (Å²) in [6.45, 7) is 1.71. The Bertz CT molecular complexity index is 899. The van der Waals surface area contributed by atoms with Crippen LogP contribution in [0, 0.1) is 17.5 Å². The van der Waals surface area contributed by atoms with Crippen LogP contribution in [-0.4, -0.2) is 43.9 Å². The van der Waals surface area contributed by atoms with E-state index in [2.05, 4.69) is 5.32 Å². The maximum absolute atomic E-state index is 14.3. The molecule has 2 aromatic carbocycles. The number of hydrogen-bond acceptors (Lipinski definition) is 4. The number of anilines is 1. The lowest BCUT2D eigenvalue weighted by molar-refractivity contribution is -0.117. The molecule has 0 radical (unpaired) electrons. The fraction of sp³-hybridized carbons (Fsp3) is 0.286. The van der Waals surface area contributed by atoms with Crippen LogP contribution in [0.4, 0.5) is 18.9 Å². The molecule has 0 bridgehead atoms. The Labute approximate surface area is 166 Å². The highest BCUT2D eigenvalue weighted by Gasteiger charge is 2.19. The van der Waals surface area contributed by atoms with Crippen LogP contribution >= 0.6 is 0 Å². The lowest BCUT2D eigenvalue weighted by Gasteiger charge is -2.30. The maximum Gasteiger partial charge on any atom is 0.244 e. The molecule has 3 rings (SSSR count). The number of benzene rings is 2. The van der Waals surface area contributed by atoms with Gasteiger partial charge in [-0.2, -0.15) is 0 Å². The molecule has 154 valence electrons. The van der Waals surface area contributed by atoms with E-state index in [0.29, 0.717) is 43.1 Å². The summed E-state index contributed by atoms with van der Waals surface area (Å²) in [7, 11) is 0. The normalized spacial score (nSPS) is 15.5. The van der Waals surface area contributed by atoms with Gasteiger partial charge in [-0.1, -0.05) is 12.1 Å². The molecular weight excluding hydrogens is 385 g/mol. The second-order valence-electron chi connectivity index (χ2n) is 6.56. The lowest BCUT2D eigenvalue weighted by atomic mass is 10.1. The molecule has 2 aromatic rings. The van der Waals surface area contributed by atoms with Crippen molar-refractivity contribution in [3.05, 3.63) is 71.1 Å². The molecule has 8 heteroatoms. The first kappa shape index (κ1) is 20.9. The van der Waals surface area contributed by atoms with Gasteiger partial charge in [0.05, 0.1) is 31.5 Å². The Kier molecular flexibility index (Phi) is 6.90. The van der Waals surface area contributed by atoms with Crippen molar-refractivity contribution >= 4 is 17.7 Å². The number of carbonyl (C=O) groups is 1. The highest BCUT2D eigenvalue weighted by molar-refractivity contribution is 5.92. The summed E-state index contributed by atoms with van der Waals surface area (Å²) in [5.41, 5.74) is 1.25. The van der Waals surface area contributed by atoms with E-state index in [0.717, 1.165) is 18.2 Å². The van der Waals surface area contributed by atoms with E-state index in [1.807, 2.05) is 4.90 Å². The maximum atomic E-state index is 14.3. The van der Waals surface area contributed by atoms with Crippen LogP contribution in [0.5, 0.6) is 0 Å². The van der Waals surface area contributed by atoms with Crippen LogP contribution in [-0.2, 0) is 9.53 Å². The Morgan fingerprint density at radius 3 is 2.52 bits per heavy atom. The number of morpholine rings is 1. The number of aliphatic hydroxyl groups is 1. The molecule has 1 heterocycles. The third-order valence-corrected chi connectivity index (χ3v) is 4.59. The number of hydrogen-bond donors (Lipinski definition) is 2. The summed E-state index contributed by atoms with van der Waals surface area (Å²) in [6, 6.07) is 6.91. The highest BCUT2D eigenvalue weighted by Crippen LogP contribution is 2.25. The van der Waals surface area contributed by atoms with Crippen LogP contribution in [0.25, 0.3) is 6.08 Å². The summed E-state index contributed by atoms with van der Waals surface area (Å²) in [4.78, 5) is 14.0. The molecule has 1 aliphatic rings. The molecule has 0 aliphatic carbocycles. The van der Waals surface area contributed by atoms with E-state index in [9.17, 15) is 23.1 Å². The smallest absolute Gasteiger partial charge is 0.244 e. The molecule has 1 fully saturated rings. The zero-order chi connectivity index (χ0) is 20.8. The second-order valence-corrected chi connectivity index (χ2v) is 6.56. The van der Waals surface area contributed by atoms with Gasteiger partial charge >= 0.3 is 0 Å². The fourth-order valence-electron chi connectivity index (χ4n) is 3.04. The van der Waals surface area contributed by atoms with Crippen LogP contribution in [0.1, 0.15) is 17.2 Å². The predicted molar refractivity (Wildman–Crippen MR) is 103 cm³/mol. The van der Waals surface area contributed by atoms with E-state index in [1.165, 1.54) is 24.3 Å². The Morgan fingerprint density at radius 2 is 1.83 bits per heavy atom. The average molecular weight is 406 g/mol. The van der Waals surface area contributed by atoms with Crippen molar-refractivity contribution < 1.29 is 27.8 Å². The van der Waals surface area contributed by atoms with Gasteiger partial charge in [0.1, 0.15) is 5.82 Å². The zero-order valence-corrected chi connectivity index (χ0v) is 15.6. The van der Waals surface area contributed by atoms with Gasteiger partial charge in [0.15, 0.2) is 11.6 Å². The van der Waals surface area contributed by atoms with Crippen molar-refractivity contribution in [1.29, 1.82) is 0 Å². The molecule has 5 nitrogen and oxygen atoms in total. The first-order chi connectivity index (χ1) is 14.0. The summed E-state index contributed by atoms with van der Waals surface area (Å²) in [6.07, 6.45) is 2.48. The number of amides is 1. The number of aliphatic hydroxyl groups excluding tert-OH is 1. The SMILES string of the molecule is O=C(/C=C/c1ccc(F)c(F)c1)N[C@@H](CO)c1ccc(F)c(N2CCOCC2)c1. The first-order valence-corrected chi connectivity index (χ1v) is 9.14. The lowest BCUT2D eigenvalue weighted by Crippen LogP contribution is -2.37. The minimum atomic E-state index is -1.01. The van der Waals surface area contributed by atoms with E-state index >= 15 is 0 Å². The largest absolute Gasteiger partial charge is 0.394 e. The van der Waals surface area contributed by atoms with Gasteiger partial charge in [0.2, 0.25) is 5.91 Å². The Balaban J connectivity index is 1.71. The zero-order valence-electron chi connectivity index (χ0n) is 15.6. The third kappa shape index (κ3) is 5.36. The van der Waals surface area contributed by atoms with Gasteiger partial charge in [-0.15, -0.1) is 0 Å². The quantitative estimate of drug-likeness (QED) is 0.725. The number of nitrogens with one attached hydrogen (secondary N) is 1. The van der Waals surface area contributed by atoms with Gasteiger partial charge in [-0.05, 0) is 41.5 Å². The molecule has 1 saturated heterocycles. The minimum absolute atomic E-state index is 0.316. The molecule has 0 aromatic heterocycles. The van der Waals surface area contributed by atoms with E-state index < -0.39 is 29.4 Å². The number of nitrogens with zero attached hydrogens (tertiary/aromatic N) is 1. The Hall–Kier alpha value is -2.84. The number of halogens is 3. The van der Waals surface area contributed by atoms with Crippen molar-refractivity contribution in [2.24, 2.45) is 0 Å². The van der Waals surface area contributed by atoms with E-state index in [4.69, 9.17) is 4.74 Å². The first-order valence-electron chi connectivity index (χ1n) is 9.14. The molecule has 29 heavy (non-hydrogen) atoms. The molecular formula is C21H21F3N2O3. The Morgan fingerprint density at radius 1 is 1.10 bits per heavy atom. The van der Waals surface area contributed by atoms with E-state index in [-0.39, 0.29) is 6.61 Å². The minimum Gasteiger partial charge on any atom is -0.394 e. The average Bonchev–Trinajstić information content (AvgIpc) is 2.74. The summed E-state index contributed by atoms with van der Waals surface area (Å²) in [5, 5.41) is 12.3. The second kappa shape index (κ2) is 9.58. The van der Waals surface area contributed by atoms with Gasteiger partial charge < -0.3 is 20.1 Å². The molecule has 1 atom stereocenters. The third-order valence-electron chi connectivity index (χ3n) is 4.59. The van der Waals surface area contributed by atoms with Gasteiger partial charge in [0, 0.05) is 19.2 Å². The standard InChI is InChI=1S/C21H21F3N2O3/c22-16-4-1-14(11-18(16)24)2-6-21(28)25-19(13-27)15-3-5-17(23)20(12-15)26-7-9-29-10-8-26/h1-6,11-12,19,27H,7-10,13H2,(H,25,28)/b6-2+/t19-/m0/s1. The predicted octanol–water partition coefficient (Wildman–Crippen LogP) is 2.80. The summed E-state index contributed by atoms with van der Waals surface area (Å²) >= 11 is 0. The van der Waals surface area contributed by atoms with E-state index in [1.54, 1.807) is 6.07 Å². The monoisotopic (exact) mass is 406 g/mol. The van der Waals surface area contributed by atoms with Crippen molar-refractivity contribution in [3.63, 3.8) is 0 Å². The highest BCUT2D eigenvalue weighted by atomic mass is 19.2. The van der Waals surface area contributed by atoms with Crippen molar-refractivity contribution in [3.8, 4) is 0 Å². The summed E-state index contributed by atoms with van der Waals surface area (Å²) < 4.78 is 45.7. The molecule has 0 saturated carbocycles. The van der Waals surface area contributed by atoms with Gasteiger partial charge in [0.25, 0.3) is 0 Å². The van der Waals surface area contributed by atoms with Gasteiger partial charge in [-0.25, -0.2) is 13.2 Å². The molecule has 1 amide bonds. The van der Waals surface area contributed by atoms with Crippen molar-refractivity contribution in [2.45, 2.75) is 6.04 Å².